The van der Waals surface area contributed by atoms with Gasteiger partial charge in [-0.15, -0.1) is 0 Å². The highest BCUT2D eigenvalue weighted by molar-refractivity contribution is 5.69. The summed E-state index contributed by atoms with van der Waals surface area (Å²) >= 11 is 0. The highest BCUT2D eigenvalue weighted by Gasteiger charge is 2.31. The molecule has 2 aliphatic rings. The molecule has 2 aromatic carbocycles. The fraction of sp³-hybridized carbons (Fsp3) is 0.385. The molecule has 2 heterocycles. The quantitative estimate of drug-likeness (QED) is 0.616. The number of rotatable bonds is 5. The van der Waals surface area contributed by atoms with Gasteiger partial charge < -0.3 is 19.3 Å². The number of allylic oxidation sites excluding steroid dienone is 2. The van der Waals surface area contributed by atoms with Crippen LogP contribution in [0.4, 0.5) is 0 Å². The predicted octanol–water partition coefficient (Wildman–Crippen LogP) is 6.03. The first-order chi connectivity index (χ1) is 14.4. The summed E-state index contributed by atoms with van der Waals surface area (Å²) in [4.78, 5) is 0. The molecule has 2 aromatic rings. The number of phenolic OH excluding ortho intramolecular Hbond substituents is 1. The van der Waals surface area contributed by atoms with E-state index in [9.17, 15) is 5.11 Å². The van der Waals surface area contributed by atoms with Crippen molar-refractivity contribution >= 4 is 6.08 Å². The predicted molar refractivity (Wildman–Crippen MR) is 120 cm³/mol. The Balaban J connectivity index is 1.54. The van der Waals surface area contributed by atoms with E-state index in [1.807, 2.05) is 12.1 Å². The molecule has 4 heteroatoms. The van der Waals surface area contributed by atoms with Gasteiger partial charge in [0.2, 0.25) is 0 Å². The molecule has 2 aliphatic heterocycles. The highest BCUT2D eigenvalue weighted by atomic mass is 16.5. The summed E-state index contributed by atoms with van der Waals surface area (Å²) in [5.74, 6) is 2.78. The maximum Gasteiger partial charge on any atom is 0.133 e. The summed E-state index contributed by atoms with van der Waals surface area (Å²) in [5.41, 5.74) is 4.07. The van der Waals surface area contributed by atoms with E-state index >= 15 is 0 Å². The fourth-order valence-electron chi connectivity index (χ4n) is 4.23. The Morgan fingerprint density at radius 2 is 2.10 bits per heavy atom. The molecule has 2 atom stereocenters. The third-order valence-electron chi connectivity index (χ3n) is 5.95. The van der Waals surface area contributed by atoms with Crippen LogP contribution in [0.1, 0.15) is 56.2 Å². The monoisotopic (exact) mass is 406 g/mol. The molecule has 0 aliphatic carbocycles. The van der Waals surface area contributed by atoms with Gasteiger partial charge in [-0.25, -0.2) is 0 Å². The largest absolute Gasteiger partial charge is 0.508 e. The minimum atomic E-state index is -0.306. The summed E-state index contributed by atoms with van der Waals surface area (Å²) in [6.07, 6.45) is 9.29. The number of hydrogen-bond acceptors (Lipinski definition) is 4. The Hall–Kier alpha value is -2.88. The summed E-state index contributed by atoms with van der Waals surface area (Å²) in [6, 6.07) is 9.61. The zero-order chi connectivity index (χ0) is 21.3. The van der Waals surface area contributed by atoms with Crippen molar-refractivity contribution in [1.29, 1.82) is 0 Å². The highest BCUT2D eigenvalue weighted by Crippen LogP contribution is 2.45. The summed E-state index contributed by atoms with van der Waals surface area (Å²) < 4.78 is 17.8. The number of methoxy groups -OCH3 is 1. The van der Waals surface area contributed by atoms with Crippen molar-refractivity contribution < 1.29 is 19.3 Å². The van der Waals surface area contributed by atoms with Gasteiger partial charge in [0.1, 0.15) is 28.6 Å². The lowest BCUT2D eigenvalue weighted by Crippen LogP contribution is -2.32. The van der Waals surface area contributed by atoms with E-state index in [1.54, 1.807) is 13.2 Å². The van der Waals surface area contributed by atoms with E-state index in [4.69, 9.17) is 14.2 Å². The summed E-state index contributed by atoms with van der Waals surface area (Å²) in [5, 5.41) is 10.4. The molecule has 4 nitrogen and oxygen atoms in total. The van der Waals surface area contributed by atoms with Crippen LogP contribution in [-0.4, -0.2) is 24.4 Å². The molecule has 0 fully saturated rings. The van der Waals surface area contributed by atoms with Crippen LogP contribution >= 0.6 is 0 Å². The van der Waals surface area contributed by atoms with Gasteiger partial charge >= 0.3 is 0 Å². The molecule has 0 amide bonds. The zero-order valence-electron chi connectivity index (χ0n) is 18.2. The molecule has 4 rings (SSSR count). The van der Waals surface area contributed by atoms with Gasteiger partial charge in [-0.3, -0.25) is 0 Å². The van der Waals surface area contributed by atoms with Crippen LogP contribution < -0.4 is 14.2 Å². The van der Waals surface area contributed by atoms with Crippen molar-refractivity contribution in [2.45, 2.75) is 51.6 Å². The normalized spacial score (nSPS) is 21.7. The van der Waals surface area contributed by atoms with E-state index < -0.39 is 0 Å². The van der Waals surface area contributed by atoms with Gasteiger partial charge in [0.15, 0.2) is 0 Å². The van der Waals surface area contributed by atoms with Crippen LogP contribution in [0.5, 0.6) is 23.0 Å². The summed E-state index contributed by atoms with van der Waals surface area (Å²) in [7, 11) is 1.60. The third-order valence-corrected chi connectivity index (χ3v) is 5.95. The minimum Gasteiger partial charge on any atom is -0.508 e. The van der Waals surface area contributed by atoms with E-state index in [0.717, 1.165) is 47.5 Å². The Bertz CT molecular complexity index is 1000. The van der Waals surface area contributed by atoms with Crippen molar-refractivity contribution in [3.8, 4) is 23.0 Å². The molecule has 0 radical (unpaired) electrons. The molecule has 0 spiro atoms. The number of hydrogen-bond donors (Lipinski definition) is 1. The molecule has 0 saturated carbocycles. The first kappa shape index (κ1) is 20.4. The molecular formula is C26H30O4. The first-order valence-corrected chi connectivity index (χ1v) is 10.6. The van der Waals surface area contributed by atoms with Crippen molar-refractivity contribution in [2.75, 3.05) is 13.7 Å². The number of benzene rings is 2. The van der Waals surface area contributed by atoms with Crippen LogP contribution in [0.3, 0.4) is 0 Å². The van der Waals surface area contributed by atoms with Crippen LogP contribution in [0.25, 0.3) is 6.08 Å². The molecule has 158 valence electrons. The second-order valence-electron chi connectivity index (χ2n) is 8.67. The first-order valence-electron chi connectivity index (χ1n) is 10.6. The Labute approximate surface area is 178 Å². The lowest BCUT2D eigenvalue weighted by molar-refractivity contribution is 0.127. The molecule has 0 aromatic heterocycles. The summed E-state index contributed by atoms with van der Waals surface area (Å²) in [6.45, 7) is 6.90. The van der Waals surface area contributed by atoms with E-state index in [1.165, 1.54) is 5.57 Å². The maximum absolute atomic E-state index is 10.4. The Kier molecular flexibility index (Phi) is 5.50. The van der Waals surface area contributed by atoms with Crippen molar-refractivity contribution in [1.82, 2.24) is 0 Å². The topological polar surface area (TPSA) is 47.9 Å². The van der Waals surface area contributed by atoms with Crippen LogP contribution in [0, 0.1) is 0 Å². The van der Waals surface area contributed by atoms with Gasteiger partial charge in [0, 0.05) is 17.5 Å². The molecule has 0 unspecified atom stereocenters. The maximum atomic E-state index is 10.4. The van der Waals surface area contributed by atoms with Crippen molar-refractivity contribution in [3.05, 3.63) is 64.7 Å². The number of aromatic hydroxyl groups is 1. The van der Waals surface area contributed by atoms with Gasteiger partial charge in [0.05, 0.1) is 19.3 Å². The van der Waals surface area contributed by atoms with E-state index in [2.05, 4.69) is 51.1 Å². The van der Waals surface area contributed by atoms with Gasteiger partial charge in [-0.2, -0.15) is 0 Å². The average molecular weight is 407 g/mol. The lowest BCUT2D eigenvalue weighted by atomic mass is 9.87. The van der Waals surface area contributed by atoms with Gasteiger partial charge in [-0.05, 0) is 69.9 Å². The second-order valence-corrected chi connectivity index (χ2v) is 8.67. The third kappa shape index (κ3) is 4.04. The number of fused-ring (bicyclic) bond motifs is 3. The van der Waals surface area contributed by atoms with Gasteiger partial charge in [0.25, 0.3) is 0 Å². The average Bonchev–Trinajstić information content (AvgIpc) is 2.72. The molecule has 0 bridgehead atoms. The van der Waals surface area contributed by atoms with Crippen LogP contribution in [0.15, 0.2) is 48.1 Å². The Morgan fingerprint density at radius 1 is 1.27 bits per heavy atom. The fourth-order valence-corrected chi connectivity index (χ4v) is 4.23. The molecule has 0 saturated heterocycles. The van der Waals surface area contributed by atoms with E-state index in [-0.39, 0.29) is 17.3 Å². The zero-order valence-corrected chi connectivity index (χ0v) is 18.2. The smallest absolute Gasteiger partial charge is 0.133 e. The second kappa shape index (κ2) is 8.10. The lowest BCUT2D eigenvalue weighted by Gasteiger charge is -2.34. The molecule has 30 heavy (non-hydrogen) atoms. The minimum absolute atomic E-state index is 0.101. The molecular weight excluding hydrogens is 376 g/mol. The standard InChI is InChI=1S/C26H30O4/c1-17(2)6-5-12-26(3)13-11-22-24(30-26)10-7-18-14-19(16-29-25(18)22)21-9-8-20(28-4)15-23(21)27/h6-11,13,15,19,27H,5,12,14,16H2,1-4H3/t19-,26+/m0/s1. The van der Waals surface area contributed by atoms with Crippen LogP contribution in [0.2, 0.25) is 0 Å². The van der Waals surface area contributed by atoms with E-state index in [0.29, 0.717) is 12.4 Å². The van der Waals surface area contributed by atoms with Crippen molar-refractivity contribution in [3.63, 3.8) is 0 Å². The Morgan fingerprint density at radius 3 is 2.83 bits per heavy atom. The number of phenols is 1. The van der Waals surface area contributed by atoms with Gasteiger partial charge in [-0.1, -0.05) is 23.8 Å². The van der Waals surface area contributed by atoms with Crippen molar-refractivity contribution in [2.24, 2.45) is 0 Å². The SMILES string of the molecule is COc1ccc([C@@H]2COc3c(ccc4c3C=C[C@@](C)(CCC=C(C)C)O4)C2)c(O)c1. The molecule has 1 N–H and O–H groups in total. The number of ether oxygens (including phenoxy) is 3. The van der Waals surface area contributed by atoms with Crippen LogP contribution in [-0.2, 0) is 6.42 Å².